The molecule has 208 valence electrons. The second-order valence-electron chi connectivity index (χ2n) is 11.1. The van der Waals surface area contributed by atoms with Gasteiger partial charge in [-0.2, -0.15) is 13.2 Å². The lowest BCUT2D eigenvalue weighted by Gasteiger charge is -2.34. The van der Waals surface area contributed by atoms with E-state index in [4.69, 9.17) is 4.74 Å². The van der Waals surface area contributed by atoms with Gasteiger partial charge >= 0.3 is 12.1 Å². The van der Waals surface area contributed by atoms with Crippen LogP contribution in [0.5, 0.6) is 0 Å². The number of nitrogens with one attached hydrogen (secondary N) is 1. The summed E-state index contributed by atoms with van der Waals surface area (Å²) in [5, 5.41) is 2.94. The molecule has 2 unspecified atom stereocenters. The number of carbonyl (C=O) groups is 3. The summed E-state index contributed by atoms with van der Waals surface area (Å²) >= 11 is 0. The number of hydrogen-bond donors (Lipinski definition) is 1. The molecule has 0 aromatic heterocycles. The Morgan fingerprint density at radius 1 is 0.897 bits per heavy atom. The Labute approximate surface area is 225 Å². The fourth-order valence-corrected chi connectivity index (χ4v) is 6.12. The van der Waals surface area contributed by atoms with Crippen molar-refractivity contribution in [3.8, 4) is 0 Å². The van der Waals surface area contributed by atoms with Gasteiger partial charge in [0.25, 0.3) is 0 Å². The van der Waals surface area contributed by atoms with Gasteiger partial charge in [0.1, 0.15) is 0 Å². The molecule has 0 bridgehead atoms. The van der Waals surface area contributed by atoms with Gasteiger partial charge < -0.3 is 15.0 Å². The van der Waals surface area contributed by atoms with Crippen molar-refractivity contribution in [1.29, 1.82) is 0 Å². The lowest BCUT2D eigenvalue weighted by atomic mass is 9.88. The molecule has 0 spiro atoms. The number of ether oxygens (including phenoxy) is 1. The van der Waals surface area contributed by atoms with Gasteiger partial charge in [0.05, 0.1) is 24.0 Å². The smallest absolute Gasteiger partial charge is 0.416 e. The summed E-state index contributed by atoms with van der Waals surface area (Å²) in [5.74, 6) is -0.262. The molecule has 39 heavy (non-hydrogen) atoms. The fraction of sp³-hybridized carbons (Fsp3) is 0.500. The van der Waals surface area contributed by atoms with E-state index in [1.807, 2.05) is 29.2 Å². The van der Waals surface area contributed by atoms with Crippen LogP contribution in [0, 0.1) is 11.8 Å². The summed E-state index contributed by atoms with van der Waals surface area (Å²) < 4.78 is 43.5. The summed E-state index contributed by atoms with van der Waals surface area (Å²) in [6.07, 6.45) is 0.492. The van der Waals surface area contributed by atoms with E-state index in [1.54, 1.807) is 0 Å². The van der Waals surface area contributed by atoms with Crippen LogP contribution < -0.4 is 5.32 Å². The minimum absolute atomic E-state index is 0.106. The Hall–Kier alpha value is -3.36. The fourth-order valence-electron chi connectivity index (χ4n) is 6.12. The molecular formula is C30H33F3N2O4. The van der Waals surface area contributed by atoms with Gasteiger partial charge in [-0.3, -0.25) is 14.4 Å². The monoisotopic (exact) mass is 542 g/mol. The molecule has 1 aliphatic heterocycles. The van der Waals surface area contributed by atoms with Gasteiger partial charge in [0, 0.05) is 24.7 Å². The second-order valence-corrected chi connectivity index (χ2v) is 11.1. The molecule has 2 atom stereocenters. The number of rotatable bonds is 6. The number of likely N-dealkylation sites (tertiary alicyclic amines) is 1. The maximum absolute atomic E-state index is 13.1. The molecule has 6 nitrogen and oxygen atoms in total. The van der Waals surface area contributed by atoms with E-state index in [0.29, 0.717) is 55.9 Å². The van der Waals surface area contributed by atoms with Crippen LogP contribution in [-0.2, 0) is 30.7 Å². The Morgan fingerprint density at radius 3 is 2.08 bits per heavy atom. The molecule has 3 aliphatic rings. The lowest BCUT2D eigenvalue weighted by molar-refractivity contribution is -0.145. The van der Waals surface area contributed by atoms with Crippen LogP contribution in [0.4, 0.5) is 18.9 Å². The van der Waals surface area contributed by atoms with E-state index in [1.165, 1.54) is 19.2 Å². The first-order chi connectivity index (χ1) is 18.6. The van der Waals surface area contributed by atoms with Crippen LogP contribution in [0.15, 0.2) is 48.5 Å². The zero-order valence-corrected chi connectivity index (χ0v) is 21.9. The number of piperidine rings is 1. The Bertz CT molecular complexity index is 1210. The lowest BCUT2D eigenvalue weighted by Crippen LogP contribution is -2.41. The van der Waals surface area contributed by atoms with Crippen molar-refractivity contribution >= 4 is 23.5 Å². The van der Waals surface area contributed by atoms with Crippen LogP contribution in [0.3, 0.4) is 0 Å². The standard InChI is InChI=1S/C30H33F3N2O4/c1-39-27(37)22-3-2-21(18-22)26(36)35-16-12-20(13-17-35)19-4-10-25(11-5-19)34-28(38)29(14-15-29)23-6-8-24(9-7-23)30(31,32)33/h4-11,20-22H,2-3,12-18H2,1H3,(H,34,38). The molecule has 3 fully saturated rings. The maximum Gasteiger partial charge on any atom is 0.416 e. The molecule has 1 heterocycles. The third-order valence-corrected chi connectivity index (χ3v) is 8.71. The summed E-state index contributed by atoms with van der Waals surface area (Å²) in [7, 11) is 1.38. The molecule has 1 saturated heterocycles. The summed E-state index contributed by atoms with van der Waals surface area (Å²) in [4.78, 5) is 39.8. The topological polar surface area (TPSA) is 75.7 Å². The quantitative estimate of drug-likeness (QED) is 0.478. The second kappa shape index (κ2) is 10.7. The van der Waals surface area contributed by atoms with Gasteiger partial charge in [-0.1, -0.05) is 24.3 Å². The van der Waals surface area contributed by atoms with Gasteiger partial charge in [-0.05, 0) is 86.3 Å². The Balaban J connectivity index is 1.13. The minimum Gasteiger partial charge on any atom is -0.469 e. The number of esters is 1. The maximum atomic E-state index is 13.1. The van der Waals surface area contributed by atoms with E-state index >= 15 is 0 Å². The molecule has 2 amide bonds. The molecule has 0 radical (unpaired) electrons. The predicted octanol–water partition coefficient (Wildman–Crippen LogP) is 5.67. The van der Waals surface area contributed by atoms with Crippen LogP contribution in [0.25, 0.3) is 0 Å². The normalized spacial score (nSPS) is 22.8. The van der Waals surface area contributed by atoms with Crippen molar-refractivity contribution < 1.29 is 32.3 Å². The SMILES string of the molecule is COC(=O)C1CCC(C(=O)N2CCC(c3ccc(NC(=O)C4(c5ccc(C(F)(F)F)cc5)CC4)cc3)CC2)C1. The Kier molecular flexibility index (Phi) is 7.44. The van der Waals surface area contributed by atoms with Crippen molar-refractivity contribution in [3.05, 3.63) is 65.2 Å². The van der Waals surface area contributed by atoms with E-state index in [2.05, 4.69) is 5.32 Å². The molecule has 2 aromatic rings. The number of alkyl halides is 3. The van der Waals surface area contributed by atoms with E-state index in [-0.39, 0.29) is 29.6 Å². The van der Waals surface area contributed by atoms with E-state index < -0.39 is 17.2 Å². The molecule has 2 aromatic carbocycles. The Morgan fingerprint density at radius 2 is 1.51 bits per heavy atom. The zero-order chi connectivity index (χ0) is 27.8. The third-order valence-electron chi connectivity index (χ3n) is 8.71. The van der Waals surface area contributed by atoms with Crippen molar-refractivity contribution in [2.24, 2.45) is 11.8 Å². The van der Waals surface area contributed by atoms with Gasteiger partial charge in [0.2, 0.25) is 11.8 Å². The van der Waals surface area contributed by atoms with E-state index in [0.717, 1.165) is 37.0 Å². The average Bonchev–Trinajstić information content (AvgIpc) is 3.62. The molecular weight excluding hydrogens is 509 g/mol. The number of hydrogen-bond acceptors (Lipinski definition) is 4. The van der Waals surface area contributed by atoms with Gasteiger partial charge in [-0.15, -0.1) is 0 Å². The molecule has 1 N–H and O–H groups in total. The highest BCUT2D eigenvalue weighted by Crippen LogP contribution is 2.49. The first-order valence-electron chi connectivity index (χ1n) is 13.6. The van der Waals surface area contributed by atoms with Crippen LogP contribution in [-0.4, -0.2) is 42.9 Å². The molecule has 2 aliphatic carbocycles. The zero-order valence-electron chi connectivity index (χ0n) is 21.9. The first kappa shape index (κ1) is 27.2. The predicted molar refractivity (Wildman–Crippen MR) is 139 cm³/mol. The number of methoxy groups -OCH3 is 1. The van der Waals surface area contributed by atoms with Crippen molar-refractivity contribution in [1.82, 2.24) is 4.90 Å². The number of nitrogens with zero attached hydrogens (tertiary/aromatic N) is 1. The number of carbonyl (C=O) groups excluding carboxylic acids is 3. The summed E-state index contributed by atoms with van der Waals surface area (Å²) in [6.45, 7) is 1.36. The minimum atomic E-state index is -4.41. The highest BCUT2D eigenvalue weighted by molar-refractivity contribution is 6.01. The van der Waals surface area contributed by atoms with Gasteiger partial charge in [0.15, 0.2) is 0 Å². The largest absolute Gasteiger partial charge is 0.469 e. The number of benzene rings is 2. The van der Waals surface area contributed by atoms with Crippen molar-refractivity contribution in [2.75, 3.05) is 25.5 Å². The summed E-state index contributed by atoms with van der Waals surface area (Å²) in [6, 6.07) is 12.6. The molecule has 2 saturated carbocycles. The van der Waals surface area contributed by atoms with Crippen LogP contribution in [0.2, 0.25) is 0 Å². The molecule has 9 heteroatoms. The van der Waals surface area contributed by atoms with Crippen LogP contribution >= 0.6 is 0 Å². The first-order valence-corrected chi connectivity index (χ1v) is 13.6. The number of amides is 2. The molecule has 5 rings (SSSR count). The van der Waals surface area contributed by atoms with Crippen LogP contribution in [0.1, 0.15) is 67.6 Å². The van der Waals surface area contributed by atoms with Crippen molar-refractivity contribution in [3.63, 3.8) is 0 Å². The van der Waals surface area contributed by atoms with Crippen molar-refractivity contribution in [2.45, 2.75) is 62.5 Å². The van der Waals surface area contributed by atoms with Gasteiger partial charge in [-0.25, -0.2) is 0 Å². The number of halogens is 3. The number of anilines is 1. The highest BCUT2D eigenvalue weighted by Gasteiger charge is 2.51. The third kappa shape index (κ3) is 5.68. The average molecular weight is 543 g/mol. The van der Waals surface area contributed by atoms with E-state index in [9.17, 15) is 27.6 Å². The summed E-state index contributed by atoms with van der Waals surface area (Å²) in [5.41, 5.74) is 0.896. The highest BCUT2D eigenvalue weighted by atomic mass is 19.4.